The number of hydrogen-bond acceptors (Lipinski definition) is 5. The highest BCUT2D eigenvalue weighted by Gasteiger charge is 2.60. The van der Waals surface area contributed by atoms with Crippen LogP contribution in [0.1, 0.15) is 40.5 Å². The number of fused-ring (bicyclic) bond motifs is 5. The molecule has 0 N–H and O–H groups in total. The van der Waals surface area contributed by atoms with Crippen LogP contribution in [0.5, 0.6) is 0 Å². The maximum Gasteiger partial charge on any atom is 0.317 e. The van der Waals surface area contributed by atoms with Crippen LogP contribution in [0.4, 0.5) is 0 Å². The number of cyclic esters (lactones) is 2. The maximum atomic E-state index is 12.2. The van der Waals surface area contributed by atoms with Gasteiger partial charge in [0.15, 0.2) is 0 Å². The van der Waals surface area contributed by atoms with Gasteiger partial charge in [0.25, 0.3) is 0 Å². The van der Waals surface area contributed by atoms with E-state index < -0.39 is 0 Å². The van der Waals surface area contributed by atoms with Gasteiger partial charge in [0.05, 0.1) is 21.3 Å². The van der Waals surface area contributed by atoms with Crippen molar-refractivity contribution in [3.05, 3.63) is 44.3 Å². The SMILES string of the molecule is CC1=CC2=C3CC4C(=O)OC(=O)C4CC3=C3C=C(C)SC3(C)C2(C)S1. The molecule has 5 aliphatic rings. The van der Waals surface area contributed by atoms with E-state index in [4.69, 9.17) is 4.74 Å². The zero-order valence-corrected chi connectivity index (χ0v) is 16.4. The first-order valence-electron chi connectivity index (χ1n) is 8.72. The highest BCUT2D eigenvalue weighted by atomic mass is 32.2. The topological polar surface area (TPSA) is 43.4 Å². The van der Waals surface area contributed by atoms with Gasteiger partial charge in [-0.05, 0) is 84.8 Å². The smallest absolute Gasteiger partial charge is 0.317 e. The minimum atomic E-state index is -0.332. The fourth-order valence-corrected chi connectivity index (χ4v) is 8.30. The zero-order valence-electron chi connectivity index (χ0n) is 14.8. The number of hydrogen-bond donors (Lipinski definition) is 0. The molecule has 2 fully saturated rings. The van der Waals surface area contributed by atoms with E-state index >= 15 is 0 Å². The molecule has 4 atom stereocenters. The van der Waals surface area contributed by atoms with Crippen LogP contribution >= 0.6 is 23.5 Å². The van der Waals surface area contributed by atoms with Crippen molar-refractivity contribution in [2.45, 2.75) is 50.0 Å². The van der Waals surface area contributed by atoms with Crippen LogP contribution < -0.4 is 0 Å². The number of carbonyl (C=O) groups is 2. The Morgan fingerprint density at radius 1 is 0.880 bits per heavy atom. The van der Waals surface area contributed by atoms with Gasteiger partial charge in [0.2, 0.25) is 0 Å². The third kappa shape index (κ3) is 1.81. The van der Waals surface area contributed by atoms with Crippen molar-refractivity contribution in [2.24, 2.45) is 11.8 Å². The molecule has 1 saturated carbocycles. The molecule has 0 amide bonds. The molecule has 5 heteroatoms. The largest absolute Gasteiger partial charge is 0.393 e. The molecule has 3 heterocycles. The van der Waals surface area contributed by atoms with Gasteiger partial charge in [-0.25, -0.2) is 0 Å². The normalized spacial score (nSPS) is 41.9. The molecule has 1 saturated heterocycles. The van der Waals surface area contributed by atoms with E-state index in [1.165, 1.54) is 32.1 Å². The highest BCUT2D eigenvalue weighted by molar-refractivity contribution is 8.09. The molecule has 0 radical (unpaired) electrons. The lowest BCUT2D eigenvalue weighted by Crippen LogP contribution is -2.48. The van der Waals surface area contributed by atoms with E-state index in [2.05, 4.69) is 39.8 Å². The molecule has 0 aromatic heterocycles. The van der Waals surface area contributed by atoms with Crippen LogP contribution in [0.15, 0.2) is 44.3 Å². The summed E-state index contributed by atoms with van der Waals surface area (Å²) in [4.78, 5) is 27.0. The van der Waals surface area contributed by atoms with Crippen LogP contribution in [0.25, 0.3) is 0 Å². The molecule has 0 spiro atoms. The van der Waals surface area contributed by atoms with Gasteiger partial charge >= 0.3 is 11.9 Å². The van der Waals surface area contributed by atoms with Crippen molar-refractivity contribution in [3.8, 4) is 0 Å². The van der Waals surface area contributed by atoms with Crippen molar-refractivity contribution in [3.63, 3.8) is 0 Å². The van der Waals surface area contributed by atoms with Crippen LogP contribution in [0.2, 0.25) is 0 Å². The number of rotatable bonds is 0. The van der Waals surface area contributed by atoms with Crippen LogP contribution in [0, 0.1) is 11.8 Å². The lowest BCUT2D eigenvalue weighted by molar-refractivity contribution is -0.153. The Morgan fingerprint density at radius 3 is 1.68 bits per heavy atom. The predicted molar refractivity (Wildman–Crippen MR) is 101 cm³/mol. The molecule has 0 bridgehead atoms. The number of carbonyl (C=O) groups excluding carboxylic acids is 2. The lowest BCUT2D eigenvalue weighted by Gasteiger charge is -2.49. The molecule has 5 rings (SSSR count). The van der Waals surface area contributed by atoms with E-state index in [-0.39, 0.29) is 33.3 Å². The number of allylic oxidation sites excluding steroid dienone is 6. The van der Waals surface area contributed by atoms with Crippen LogP contribution in [-0.2, 0) is 14.3 Å². The Bertz CT molecular complexity index is 819. The summed E-state index contributed by atoms with van der Waals surface area (Å²) in [7, 11) is 0. The Kier molecular flexibility index (Phi) is 3.04. The molecule has 4 unspecified atom stereocenters. The van der Waals surface area contributed by atoms with Crippen molar-refractivity contribution in [2.75, 3.05) is 0 Å². The van der Waals surface area contributed by atoms with Crippen molar-refractivity contribution in [1.82, 2.24) is 0 Å². The minimum absolute atomic E-state index is 0.0382. The van der Waals surface area contributed by atoms with E-state index in [9.17, 15) is 9.59 Å². The quantitative estimate of drug-likeness (QED) is 0.462. The van der Waals surface area contributed by atoms with Gasteiger partial charge in [-0.15, -0.1) is 23.5 Å². The zero-order chi connectivity index (χ0) is 17.7. The first kappa shape index (κ1) is 16.0. The minimum Gasteiger partial charge on any atom is -0.393 e. The maximum absolute atomic E-state index is 12.2. The average molecular weight is 373 g/mol. The molecule has 25 heavy (non-hydrogen) atoms. The average Bonchev–Trinajstić information content (AvgIpc) is 3.12. The predicted octanol–water partition coefficient (Wildman–Crippen LogP) is 4.52. The first-order valence-corrected chi connectivity index (χ1v) is 10.4. The molecule has 130 valence electrons. The van der Waals surface area contributed by atoms with E-state index in [0.29, 0.717) is 12.8 Å². The van der Waals surface area contributed by atoms with Gasteiger partial charge in [-0.1, -0.05) is 0 Å². The summed E-state index contributed by atoms with van der Waals surface area (Å²) in [6.45, 7) is 9.02. The summed E-state index contributed by atoms with van der Waals surface area (Å²) in [5.74, 6) is -1.26. The second kappa shape index (κ2) is 4.74. The molecule has 3 aliphatic heterocycles. The second-order valence-corrected chi connectivity index (χ2v) is 11.3. The Morgan fingerprint density at radius 2 is 1.28 bits per heavy atom. The summed E-state index contributed by atoms with van der Waals surface area (Å²) in [5.41, 5.74) is 5.30. The molecule has 0 aromatic carbocycles. The van der Waals surface area contributed by atoms with Crippen molar-refractivity contribution in [1.29, 1.82) is 0 Å². The summed E-state index contributed by atoms with van der Waals surface area (Å²) in [6.07, 6.45) is 5.88. The molecule has 0 aromatic rings. The Labute approximate surface area is 156 Å². The summed E-state index contributed by atoms with van der Waals surface area (Å²) >= 11 is 3.89. The summed E-state index contributed by atoms with van der Waals surface area (Å²) < 4.78 is 4.89. The lowest BCUT2D eigenvalue weighted by atomic mass is 9.64. The molecule has 2 aliphatic carbocycles. The van der Waals surface area contributed by atoms with Gasteiger partial charge < -0.3 is 4.74 Å². The number of ether oxygens (including phenoxy) is 1. The Balaban J connectivity index is 1.76. The van der Waals surface area contributed by atoms with E-state index in [1.807, 2.05) is 23.5 Å². The van der Waals surface area contributed by atoms with Crippen molar-refractivity contribution < 1.29 is 14.3 Å². The van der Waals surface area contributed by atoms with E-state index in [0.717, 1.165) is 0 Å². The van der Waals surface area contributed by atoms with Gasteiger partial charge in [0.1, 0.15) is 0 Å². The molecular weight excluding hydrogens is 352 g/mol. The Hall–Kier alpha value is -1.20. The van der Waals surface area contributed by atoms with E-state index in [1.54, 1.807) is 0 Å². The van der Waals surface area contributed by atoms with Gasteiger partial charge in [-0.2, -0.15) is 0 Å². The third-order valence-corrected chi connectivity index (χ3v) is 9.60. The third-order valence-electron chi connectivity index (χ3n) is 6.52. The summed E-state index contributed by atoms with van der Waals surface area (Å²) in [6, 6.07) is 0. The van der Waals surface area contributed by atoms with Crippen LogP contribution in [0.3, 0.4) is 0 Å². The fourth-order valence-electron chi connectivity index (χ4n) is 5.22. The standard InChI is InChI=1S/C20H20O3S2/c1-9-5-15-11-7-13-14(18(22)23-17(13)21)8-12(11)16-6-10(2)25-20(16,4)19(15,3)24-9/h5-6,13-14H,7-8H2,1-4H3. The second-order valence-electron chi connectivity index (χ2n) is 7.93. The molecule has 3 nitrogen and oxygen atoms in total. The van der Waals surface area contributed by atoms with Gasteiger partial charge in [-0.3, -0.25) is 9.59 Å². The monoisotopic (exact) mass is 372 g/mol. The number of thioether (sulfide) groups is 2. The summed E-state index contributed by atoms with van der Waals surface area (Å²) in [5, 5.41) is 0. The molecular formula is C20H20O3S2. The number of esters is 2. The fraction of sp³-hybridized carbons (Fsp3) is 0.500. The van der Waals surface area contributed by atoms with Crippen LogP contribution in [-0.4, -0.2) is 21.4 Å². The van der Waals surface area contributed by atoms with Crippen molar-refractivity contribution >= 4 is 35.5 Å². The van der Waals surface area contributed by atoms with Gasteiger partial charge in [0, 0.05) is 0 Å². The highest BCUT2D eigenvalue weighted by Crippen LogP contribution is 2.68. The first-order chi connectivity index (χ1) is 11.7.